The van der Waals surface area contributed by atoms with Crippen molar-refractivity contribution in [3.8, 4) is 0 Å². The van der Waals surface area contributed by atoms with Crippen molar-refractivity contribution < 1.29 is 9.53 Å². The Hall–Kier alpha value is -0.570. The number of rotatable bonds is 0. The first-order chi connectivity index (χ1) is 5.80. The summed E-state index contributed by atoms with van der Waals surface area (Å²) in [5, 5.41) is 2.91. The summed E-state index contributed by atoms with van der Waals surface area (Å²) in [4.78, 5) is 10.9. The van der Waals surface area contributed by atoms with Gasteiger partial charge in [0.1, 0.15) is 6.61 Å². The van der Waals surface area contributed by atoms with Crippen LogP contribution in [0.15, 0.2) is 0 Å². The van der Waals surface area contributed by atoms with Crippen molar-refractivity contribution in [1.29, 1.82) is 0 Å². The lowest BCUT2D eigenvalue weighted by Gasteiger charge is -2.35. The van der Waals surface area contributed by atoms with E-state index in [0.717, 1.165) is 24.8 Å². The minimum atomic E-state index is 0.0460. The first-order valence-electron chi connectivity index (χ1n) is 4.71. The van der Waals surface area contributed by atoms with Crippen LogP contribution in [0.2, 0.25) is 0 Å². The highest BCUT2D eigenvalue weighted by atomic mass is 16.5. The van der Waals surface area contributed by atoms with Gasteiger partial charge in [-0.1, -0.05) is 0 Å². The Bertz CT molecular complexity index is 229. The zero-order valence-electron chi connectivity index (χ0n) is 7.01. The van der Waals surface area contributed by atoms with Gasteiger partial charge in [-0.2, -0.15) is 0 Å². The zero-order chi connectivity index (χ0) is 8.18. The Labute approximate surface area is 71.5 Å². The molecule has 0 aromatic heterocycles. The van der Waals surface area contributed by atoms with Gasteiger partial charge in [-0.25, -0.2) is 0 Å². The van der Waals surface area contributed by atoms with E-state index < -0.39 is 0 Å². The average molecular weight is 167 g/mol. The van der Waals surface area contributed by atoms with E-state index >= 15 is 0 Å². The second kappa shape index (κ2) is 2.02. The van der Waals surface area contributed by atoms with Crippen molar-refractivity contribution in [3.05, 3.63) is 0 Å². The molecule has 1 N–H and O–H groups in total. The van der Waals surface area contributed by atoms with Crippen LogP contribution in [0.25, 0.3) is 0 Å². The summed E-state index contributed by atoms with van der Waals surface area (Å²) < 4.78 is 5.68. The zero-order valence-corrected chi connectivity index (χ0v) is 7.01. The van der Waals surface area contributed by atoms with E-state index in [1.165, 1.54) is 12.8 Å². The van der Waals surface area contributed by atoms with E-state index in [2.05, 4.69) is 5.32 Å². The fourth-order valence-corrected chi connectivity index (χ4v) is 2.78. The molecule has 3 aliphatic rings. The smallest absolute Gasteiger partial charge is 0.246 e. The lowest BCUT2D eigenvalue weighted by atomic mass is 9.96. The summed E-state index contributed by atoms with van der Waals surface area (Å²) in [7, 11) is 0. The van der Waals surface area contributed by atoms with Crippen molar-refractivity contribution in [3.63, 3.8) is 0 Å². The summed E-state index contributed by atoms with van der Waals surface area (Å²) in [5.41, 5.74) is 0.0541. The molecule has 2 aliphatic carbocycles. The second-order valence-corrected chi connectivity index (χ2v) is 4.27. The summed E-state index contributed by atoms with van der Waals surface area (Å²) >= 11 is 0. The Morgan fingerprint density at radius 2 is 2.50 bits per heavy atom. The molecule has 1 aliphatic heterocycles. The van der Waals surface area contributed by atoms with Crippen LogP contribution in [-0.4, -0.2) is 24.7 Å². The Morgan fingerprint density at radius 3 is 3.00 bits per heavy atom. The molecule has 3 atom stereocenters. The highest BCUT2D eigenvalue weighted by Crippen LogP contribution is 2.59. The maximum absolute atomic E-state index is 10.9. The average Bonchev–Trinajstić information content (AvgIpc) is 2.80. The third-order valence-electron chi connectivity index (χ3n) is 3.61. The standard InChI is InChI=1S/C9H13NO2/c11-8-4-12-9(5-10-8)2-1-6-3-7(6)9/h6-7H,1-5H2,(H,10,11). The van der Waals surface area contributed by atoms with Crippen molar-refractivity contribution in [2.75, 3.05) is 13.2 Å². The molecule has 12 heavy (non-hydrogen) atoms. The molecule has 3 unspecified atom stereocenters. The molecule has 3 fully saturated rings. The molecule has 1 spiro atoms. The molecule has 0 bridgehead atoms. The van der Waals surface area contributed by atoms with E-state index in [-0.39, 0.29) is 18.1 Å². The minimum Gasteiger partial charge on any atom is -0.363 e. The van der Waals surface area contributed by atoms with Gasteiger partial charge in [0.25, 0.3) is 0 Å². The maximum Gasteiger partial charge on any atom is 0.246 e. The minimum absolute atomic E-state index is 0.0460. The van der Waals surface area contributed by atoms with Crippen LogP contribution in [0.3, 0.4) is 0 Å². The van der Waals surface area contributed by atoms with Crippen LogP contribution in [0, 0.1) is 11.8 Å². The number of hydrogen-bond donors (Lipinski definition) is 1. The molecule has 1 heterocycles. The monoisotopic (exact) mass is 167 g/mol. The van der Waals surface area contributed by atoms with Crippen LogP contribution in [0.1, 0.15) is 19.3 Å². The van der Waals surface area contributed by atoms with Gasteiger partial charge in [0.15, 0.2) is 0 Å². The van der Waals surface area contributed by atoms with E-state index in [1.807, 2.05) is 0 Å². The quantitative estimate of drug-likeness (QED) is 0.563. The molecule has 66 valence electrons. The number of carbonyl (C=O) groups is 1. The lowest BCUT2D eigenvalue weighted by Crippen LogP contribution is -2.52. The number of hydrogen-bond acceptors (Lipinski definition) is 2. The molecule has 3 nitrogen and oxygen atoms in total. The fourth-order valence-electron chi connectivity index (χ4n) is 2.78. The lowest BCUT2D eigenvalue weighted by molar-refractivity contribution is -0.145. The SMILES string of the molecule is O=C1COC2(CCC3CC32)CN1. The Kier molecular flexibility index (Phi) is 1.16. The largest absolute Gasteiger partial charge is 0.363 e. The first kappa shape index (κ1) is 6.89. The highest BCUT2D eigenvalue weighted by molar-refractivity contribution is 5.78. The first-order valence-corrected chi connectivity index (χ1v) is 4.71. The predicted molar refractivity (Wildman–Crippen MR) is 42.5 cm³/mol. The van der Waals surface area contributed by atoms with Crippen molar-refractivity contribution in [2.45, 2.75) is 24.9 Å². The normalized spacial score (nSPS) is 50.5. The van der Waals surface area contributed by atoms with E-state index in [4.69, 9.17) is 4.74 Å². The number of morpholine rings is 1. The van der Waals surface area contributed by atoms with E-state index in [1.54, 1.807) is 0 Å². The van der Waals surface area contributed by atoms with Crippen LogP contribution < -0.4 is 5.32 Å². The number of amides is 1. The van der Waals surface area contributed by atoms with E-state index in [9.17, 15) is 4.79 Å². The molecule has 3 heteroatoms. The molecular weight excluding hydrogens is 154 g/mol. The third-order valence-corrected chi connectivity index (χ3v) is 3.61. The number of ether oxygens (including phenoxy) is 1. The number of fused-ring (bicyclic) bond motifs is 2. The Balaban J connectivity index is 1.79. The third kappa shape index (κ3) is 0.774. The highest BCUT2D eigenvalue weighted by Gasteiger charge is 2.59. The summed E-state index contributed by atoms with van der Waals surface area (Å²) in [6.07, 6.45) is 3.79. The van der Waals surface area contributed by atoms with Gasteiger partial charge in [0, 0.05) is 6.54 Å². The number of carbonyl (C=O) groups excluding carboxylic acids is 1. The van der Waals surface area contributed by atoms with Crippen molar-refractivity contribution in [1.82, 2.24) is 5.32 Å². The maximum atomic E-state index is 10.9. The molecule has 0 radical (unpaired) electrons. The van der Waals surface area contributed by atoms with Crippen LogP contribution in [-0.2, 0) is 9.53 Å². The molecule has 2 saturated carbocycles. The molecule has 3 rings (SSSR count). The second-order valence-electron chi connectivity index (χ2n) is 4.27. The van der Waals surface area contributed by atoms with Crippen molar-refractivity contribution in [2.24, 2.45) is 11.8 Å². The molecule has 1 saturated heterocycles. The molecule has 1 amide bonds. The van der Waals surface area contributed by atoms with Gasteiger partial charge in [-0.05, 0) is 31.1 Å². The summed E-state index contributed by atoms with van der Waals surface area (Å²) in [6.45, 7) is 1.04. The summed E-state index contributed by atoms with van der Waals surface area (Å²) in [5.74, 6) is 1.72. The van der Waals surface area contributed by atoms with Gasteiger partial charge in [0.2, 0.25) is 5.91 Å². The summed E-state index contributed by atoms with van der Waals surface area (Å²) in [6, 6.07) is 0. The fraction of sp³-hybridized carbons (Fsp3) is 0.889. The van der Waals surface area contributed by atoms with Gasteiger partial charge < -0.3 is 10.1 Å². The van der Waals surface area contributed by atoms with Gasteiger partial charge >= 0.3 is 0 Å². The topological polar surface area (TPSA) is 38.3 Å². The van der Waals surface area contributed by atoms with Gasteiger partial charge in [-0.15, -0.1) is 0 Å². The predicted octanol–water partition coefficient (Wildman–Crippen LogP) is 0.301. The van der Waals surface area contributed by atoms with Crippen LogP contribution >= 0.6 is 0 Å². The molecule has 0 aromatic rings. The van der Waals surface area contributed by atoms with E-state index in [0.29, 0.717) is 0 Å². The van der Waals surface area contributed by atoms with Gasteiger partial charge in [0.05, 0.1) is 5.60 Å². The number of nitrogens with one attached hydrogen (secondary N) is 1. The molecule has 0 aromatic carbocycles. The molecular formula is C9H13NO2. The van der Waals surface area contributed by atoms with Crippen molar-refractivity contribution >= 4 is 5.91 Å². The van der Waals surface area contributed by atoms with Crippen LogP contribution in [0.4, 0.5) is 0 Å². The Morgan fingerprint density at radius 1 is 1.58 bits per heavy atom. The van der Waals surface area contributed by atoms with Gasteiger partial charge in [-0.3, -0.25) is 4.79 Å². The van der Waals surface area contributed by atoms with Crippen LogP contribution in [0.5, 0.6) is 0 Å².